The molecule has 25 heavy (non-hydrogen) atoms. The third-order valence-corrected chi connectivity index (χ3v) is 4.06. The molecule has 0 aromatic carbocycles. The summed E-state index contributed by atoms with van der Waals surface area (Å²) in [5.41, 5.74) is 1.90. The number of hydrogen-bond donors (Lipinski definition) is 1. The largest absolute Gasteiger partial charge is 0.383 e. The topological polar surface area (TPSA) is 73.4 Å². The van der Waals surface area contributed by atoms with Gasteiger partial charge in [-0.25, -0.2) is 9.97 Å². The number of pyridine rings is 1. The molecule has 132 valence electrons. The second kappa shape index (κ2) is 7.06. The second-order valence-corrected chi connectivity index (χ2v) is 6.16. The number of nitrogens with one attached hydrogen (secondary N) is 1. The first-order chi connectivity index (χ1) is 12.0. The maximum atomic E-state index is 12.5. The number of ether oxygens (including phenoxy) is 1. The van der Waals surface area contributed by atoms with Crippen LogP contribution in [0, 0.1) is 6.92 Å². The van der Waals surface area contributed by atoms with E-state index in [4.69, 9.17) is 4.74 Å². The minimum atomic E-state index is -0.216. The van der Waals surface area contributed by atoms with E-state index in [-0.39, 0.29) is 5.91 Å². The third kappa shape index (κ3) is 3.28. The Hall–Kier alpha value is -2.67. The highest BCUT2D eigenvalue weighted by atomic mass is 16.5. The van der Waals surface area contributed by atoms with Crippen LogP contribution in [0.15, 0.2) is 30.6 Å². The smallest absolute Gasteiger partial charge is 0.272 e. The molecule has 0 bridgehead atoms. The van der Waals surface area contributed by atoms with Crippen molar-refractivity contribution >= 4 is 11.4 Å². The van der Waals surface area contributed by atoms with Crippen LogP contribution in [0.1, 0.15) is 36.2 Å². The van der Waals surface area contributed by atoms with Gasteiger partial charge in [-0.1, -0.05) is 6.07 Å². The average molecular weight is 341 g/mol. The Kier molecular flexibility index (Phi) is 4.85. The zero-order valence-electron chi connectivity index (χ0n) is 15.0. The first-order valence-electron chi connectivity index (χ1n) is 8.33. The second-order valence-electron chi connectivity index (χ2n) is 6.16. The van der Waals surface area contributed by atoms with Crippen LogP contribution < -0.4 is 5.32 Å². The van der Waals surface area contributed by atoms with Crippen molar-refractivity contribution in [1.29, 1.82) is 0 Å². The number of aryl methyl sites for hydroxylation is 1. The van der Waals surface area contributed by atoms with Crippen molar-refractivity contribution in [3.05, 3.63) is 42.1 Å². The normalized spacial score (nSPS) is 11.4. The molecule has 0 fully saturated rings. The Balaban J connectivity index is 2.05. The van der Waals surface area contributed by atoms with Gasteiger partial charge in [-0.05, 0) is 32.9 Å². The van der Waals surface area contributed by atoms with Crippen molar-refractivity contribution in [3.63, 3.8) is 0 Å². The van der Waals surface area contributed by atoms with Crippen molar-refractivity contribution in [2.75, 3.05) is 20.3 Å². The number of hydrogen-bond acceptors (Lipinski definition) is 4. The molecule has 0 saturated heterocycles. The highest BCUT2D eigenvalue weighted by Crippen LogP contribution is 2.23. The third-order valence-electron chi connectivity index (χ3n) is 4.06. The first-order valence-corrected chi connectivity index (χ1v) is 8.33. The van der Waals surface area contributed by atoms with Gasteiger partial charge in [0.1, 0.15) is 11.5 Å². The fourth-order valence-electron chi connectivity index (χ4n) is 2.85. The summed E-state index contributed by atoms with van der Waals surface area (Å²) in [6.45, 7) is 7.09. The van der Waals surface area contributed by atoms with Gasteiger partial charge < -0.3 is 14.6 Å². The average Bonchev–Trinajstić information content (AvgIpc) is 3.16. The summed E-state index contributed by atoms with van der Waals surface area (Å²) >= 11 is 0. The van der Waals surface area contributed by atoms with Gasteiger partial charge in [-0.3, -0.25) is 9.20 Å². The maximum absolute atomic E-state index is 12.5. The van der Waals surface area contributed by atoms with Crippen LogP contribution in [-0.4, -0.2) is 45.1 Å². The number of carbonyl (C=O) groups is 1. The Morgan fingerprint density at radius 3 is 2.80 bits per heavy atom. The van der Waals surface area contributed by atoms with E-state index in [2.05, 4.69) is 33.7 Å². The van der Waals surface area contributed by atoms with Crippen LogP contribution in [-0.2, 0) is 4.74 Å². The number of aromatic nitrogens is 4. The van der Waals surface area contributed by atoms with E-state index in [9.17, 15) is 4.79 Å². The zero-order chi connectivity index (χ0) is 18.0. The highest BCUT2D eigenvalue weighted by Gasteiger charge is 2.20. The Bertz CT molecular complexity index is 894. The Labute approximate surface area is 146 Å². The van der Waals surface area contributed by atoms with Crippen molar-refractivity contribution in [1.82, 2.24) is 24.3 Å². The monoisotopic (exact) mass is 341 g/mol. The minimum absolute atomic E-state index is 0.216. The fourth-order valence-corrected chi connectivity index (χ4v) is 2.85. The van der Waals surface area contributed by atoms with Crippen molar-refractivity contribution in [3.8, 4) is 11.5 Å². The summed E-state index contributed by atoms with van der Waals surface area (Å²) in [5, 5.41) is 2.83. The molecular formula is C18H23N5O2. The molecule has 0 spiro atoms. The van der Waals surface area contributed by atoms with Gasteiger partial charge in [0, 0.05) is 32.1 Å². The van der Waals surface area contributed by atoms with E-state index in [1.807, 2.05) is 41.9 Å². The van der Waals surface area contributed by atoms with Gasteiger partial charge in [0.25, 0.3) is 5.91 Å². The molecule has 0 unspecified atom stereocenters. The van der Waals surface area contributed by atoms with E-state index >= 15 is 0 Å². The molecule has 0 aliphatic rings. The van der Waals surface area contributed by atoms with Gasteiger partial charge in [-0.2, -0.15) is 0 Å². The standard InChI is InChI=1S/C18H23N5O2/c1-12(2)23-11-14(20-13(23)3)17-21-16(18(24)19-8-10-25-4)15-7-5-6-9-22(15)17/h5-7,9,11-12H,8,10H2,1-4H3,(H,19,24). The van der Waals surface area contributed by atoms with Gasteiger partial charge >= 0.3 is 0 Å². The molecule has 7 heteroatoms. The molecule has 0 saturated carbocycles. The molecule has 1 N–H and O–H groups in total. The lowest BCUT2D eigenvalue weighted by Crippen LogP contribution is -2.27. The number of methoxy groups -OCH3 is 1. The van der Waals surface area contributed by atoms with Gasteiger partial charge in [-0.15, -0.1) is 0 Å². The lowest BCUT2D eigenvalue weighted by molar-refractivity contribution is 0.0934. The van der Waals surface area contributed by atoms with Gasteiger partial charge in [0.2, 0.25) is 0 Å². The van der Waals surface area contributed by atoms with E-state index in [1.54, 1.807) is 7.11 Å². The van der Waals surface area contributed by atoms with Crippen LogP contribution in [0.3, 0.4) is 0 Å². The summed E-state index contributed by atoms with van der Waals surface area (Å²) in [7, 11) is 1.60. The van der Waals surface area contributed by atoms with Crippen LogP contribution in [0.25, 0.3) is 17.0 Å². The summed E-state index contributed by atoms with van der Waals surface area (Å²) < 4.78 is 8.97. The van der Waals surface area contributed by atoms with E-state index in [0.29, 0.717) is 30.7 Å². The van der Waals surface area contributed by atoms with Crippen LogP contribution in [0.2, 0.25) is 0 Å². The number of amides is 1. The zero-order valence-corrected chi connectivity index (χ0v) is 15.0. The minimum Gasteiger partial charge on any atom is -0.383 e. The summed E-state index contributed by atoms with van der Waals surface area (Å²) in [6.07, 6.45) is 3.88. The lowest BCUT2D eigenvalue weighted by Gasteiger charge is -2.07. The maximum Gasteiger partial charge on any atom is 0.272 e. The molecule has 0 aliphatic carbocycles. The predicted molar refractivity (Wildman–Crippen MR) is 95.7 cm³/mol. The van der Waals surface area contributed by atoms with Crippen molar-refractivity contribution in [2.45, 2.75) is 26.8 Å². The highest BCUT2D eigenvalue weighted by molar-refractivity contribution is 5.99. The summed E-state index contributed by atoms with van der Waals surface area (Å²) in [5.74, 6) is 1.37. The number of rotatable bonds is 6. The molecule has 3 aromatic rings. The number of imidazole rings is 2. The van der Waals surface area contributed by atoms with Crippen LogP contribution in [0.4, 0.5) is 0 Å². The molecule has 3 aromatic heterocycles. The number of fused-ring (bicyclic) bond motifs is 1. The molecular weight excluding hydrogens is 318 g/mol. The summed E-state index contributed by atoms with van der Waals surface area (Å²) in [4.78, 5) is 21.7. The van der Waals surface area contributed by atoms with Crippen LogP contribution >= 0.6 is 0 Å². The van der Waals surface area contributed by atoms with E-state index < -0.39 is 0 Å². The molecule has 0 radical (unpaired) electrons. The molecule has 7 nitrogen and oxygen atoms in total. The molecule has 3 heterocycles. The SMILES string of the molecule is COCCNC(=O)c1nc(-c2cn(C(C)C)c(C)n2)n2ccccc12. The predicted octanol–water partition coefficient (Wildman–Crippen LogP) is 2.46. The van der Waals surface area contributed by atoms with Crippen molar-refractivity contribution < 1.29 is 9.53 Å². The molecule has 0 atom stereocenters. The van der Waals surface area contributed by atoms with E-state index in [0.717, 1.165) is 17.0 Å². The van der Waals surface area contributed by atoms with Crippen LogP contribution in [0.5, 0.6) is 0 Å². The number of nitrogens with zero attached hydrogens (tertiary/aromatic N) is 4. The Morgan fingerprint density at radius 2 is 2.12 bits per heavy atom. The first kappa shape index (κ1) is 17.2. The lowest BCUT2D eigenvalue weighted by atomic mass is 10.3. The fraction of sp³-hybridized carbons (Fsp3) is 0.389. The Morgan fingerprint density at radius 1 is 1.32 bits per heavy atom. The van der Waals surface area contributed by atoms with Gasteiger partial charge in [0.05, 0.1) is 12.1 Å². The molecule has 1 amide bonds. The summed E-state index contributed by atoms with van der Waals surface area (Å²) in [6, 6.07) is 6.00. The quantitative estimate of drug-likeness (QED) is 0.699. The van der Waals surface area contributed by atoms with E-state index in [1.165, 1.54) is 0 Å². The van der Waals surface area contributed by atoms with Gasteiger partial charge in [0.15, 0.2) is 11.5 Å². The molecule has 0 aliphatic heterocycles. The molecule has 3 rings (SSSR count). The van der Waals surface area contributed by atoms with Crippen molar-refractivity contribution in [2.24, 2.45) is 0 Å². The number of carbonyl (C=O) groups excluding carboxylic acids is 1.